The average molecular weight is 477 g/mol. The highest BCUT2D eigenvalue weighted by Gasteiger charge is 2.46. The number of rotatable bonds is 8. The van der Waals surface area contributed by atoms with Gasteiger partial charge in [-0.15, -0.1) is 0 Å². The van der Waals surface area contributed by atoms with Crippen molar-refractivity contribution in [1.29, 1.82) is 0 Å². The van der Waals surface area contributed by atoms with E-state index in [1.165, 1.54) is 43.4 Å². The van der Waals surface area contributed by atoms with Crippen LogP contribution in [0.1, 0.15) is 12.0 Å². The summed E-state index contributed by atoms with van der Waals surface area (Å²) in [5.41, 5.74) is 1.49. The highest BCUT2D eigenvalue weighted by atomic mass is 19.1. The van der Waals surface area contributed by atoms with Crippen molar-refractivity contribution in [2.45, 2.75) is 19.0 Å². The Morgan fingerprint density at radius 3 is 2.29 bits per heavy atom. The fourth-order valence-electron chi connectivity index (χ4n) is 3.93. The molecule has 1 heterocycles. The van der Waals surface area contributed by atoms with Crippen LogP contribution in [-0.2, 0) is 16.1 Å². The number of benzene rings is 3. The van der Waals surface area contributed by atoms with E-state index < -0.39 is 29.7 Å². The van der Waals surface area contributed by atoms with Gasteiger partial charge in [-0.25, -0.2) is 14.1 Å². The summed E-state index contributed by atoms with van der Waals surface area (Å²) in [5.74, 6) is -0.483. The third kappa shape index (κ3) is 5.08. The SMILES string of the molecule is COc1ccc(CN2C(=O)N(c3ccc(F)cc3)C(=O)[C@@H]2CC(=O)Nc2ccccc2)cc1OC. The van der Waals surface area contributed by atoms with Gasteiger partial charge in [-0.2, -0.15) is 0 Å². The lowest BCUT2D eigenvalue weighted by atomic mass is 10.1. The van der Waals surface area contributed by atoms with Crippen molar-refractivity contribution < 1.29 is 28.2 Å². The molecule has 1 saturated heterocycles. The van der Waals surface area contributed by atoms with Gasteiger partial charge in [0.25, 0.3) is 5.91 Å². The Kier molecular flexibility index (Phi) is 6.96. The van der Waals surface area contributed by atoms with Gasteiger partial charge in [0.2, 0.25) is 5.91 Å². The summed E-state index contributed by atoms with van der Waals surface area (Å²) >= 11 is 0. The van der Waals surface area contributed by atoms with E-state index in [1.54, 1.807) is 42.5 Å². The number of imide groups is 1. The fraction of sp³-hybridized carbons (Fsp3) is 0.192. The third-order valence-electron chi connectivity index (χ3n) is 5.64. The maximum Gasteiger partial charge on any atom is 0.332 e. The molecule has 0 bridgehead atoms. The fourth-order valence-corrected chi connectivity index (χ4v) is 3.93. The molecule has 0 saturated carbocycles. The summed E-state index contributed by atoms with van der Waals surface area (Å²) in [6.45, 7) is 0.0475. The number of para-hydroxylation sites is 1. The summed E-state index contributed by atoms with van der Waals surface area (Å²) in [6, 6.07) is 17.4. The van der Waals surface area contributed by atoms with Gasteiger partial charge in [-0.3, -0.25) is 9.59 Å². The van der Waals surface area contributed by atoms with Crippen LogP contribution in [0.25, 0.3) is 0 Å². The second-order valence-corrected chi connectivity index (χ2v) is 7.88. The Morgan fingerprint density at radius 1 is 0.943 bits per heavy atom. The lowest BCUT2D eigenvalue weighted by Crippen LogP contribution is -2.37. The maximum absolute atomic E-state index is 13.4. The molecule has 1 aliphatic rings. The molecule has 3 aromatic carbocycles. The quantitative estimate of drug-likeness (QED) is 0.491. The Balaban J connectivity index is 1.63. The van der Waals surface area contributed by atoms with Crippen molar-refractivity contribution in [3.63, 3.8) is 0 Å². The van der Waals surface area contributed by atoms with E-state index in [0.29, 0.717) is 22.7 Å². The van der Waals surface area contributed by atoms with Gasteiger partial charge >= 0.3 is 6.03 Å². The molecule has 3 aromatic rings. The van der Waals surface area contributed by atoms with Crippen molar-refractivity contribution in [2.24, 2.45) is 0 Å². The first-order valence-electron chi connectivity index (χ1n) is 10.9. The highest BCUT2D eigenvalue weighted by molar-refractivity contribution is 6.22. The van der Waals surface area contributed by atoms with Gasteiger partial charge in [0.15, 0.2) is 11.5 Å². The van der Waals surface area contributed by atoms with Gasteiger partial charge in [0.1, 0.15) is 11.9 Å². The first-order valence-corrected chi connectivity index (χ1v) is 10.9. The standard InChI is InChI=1S/C26H24FN3O5/c1-34-22-13-8-17(14-23(22)35-2)16-29-21(15-24(31)28-19-6-4-3-5-7-19)25(32)30(26(29)33)20-11-9-18(27)10-12-20/h3-14,21H,15-16H2,1-2H3,(H,28,31)/t21-/m0/s1. The molecule has 4 rings (SSSR count). The number of amides is 4. The van der Waals surface area contributed by atoms with Crippen LogP contribution in [0.5, 0.6) is 11.5 Å². The molecule has 1 aliphatic heterocycles. The zero-order valence-electron chi connectivity index (χ0n) is 19.2. The summed E-state index contributed by atoms with van der Waals surface area (Å²) in [4.78, 5) is 41.8. The number of carbonyl (C=O) groups excluding carboxylic acids is 3. The summed E-state index contributed by atoms with van der Waals surface area (Å²) in [6.07, 6.45) is -0.246. The van der Waals surface area contributed by atoms with E-state index >= 15 is 0 Å². The topological polar surface area (TPSA) is 88.2 Å². The van der Waals surface area contributed by atoms with Crippen LogP contribution in [0.15, 0.2) is 72.8 Å². The monoisotopic (exact) mass is 477 g/mol. The Hall–Kier alpha value is -4.40. The van der Waals surface area contributed by atoms with Gasteiger partial charge in [0.05, 0.1) is 26.3 Å². The number of anilines is 2. The molecule has 9 heteroatoms. The Morgan fingerprint density at radius 2 is 1.63 bits per heavy atom. The van der Waals surface area contributed by atoms with Gasteiger partial charge < -0.3 is 19.7 Å². The van der Waals surface area contributed by atoms with E-state index in [4.69, 9.17) is 9.47 Å². The number of carbonyl (C=O) groups is 3. The minimum Gasteiger partial charge on any atom is -0.493 e. The molecular formula is C26H24FN3O5. The number of nitrogens with zero attached hydrogens (tertiary/aromatic N) is 2. The average Bonchev–Trinajstić information content (AvgIpc) is 3.09. The second kappa shape index (κ2) is 10.3. The molecule has 0 unspecified atom stereocenters. The van der Waals surface area contributed by atoms with Gasteiger partial charge in [0, 0.05) is 12.2 Å². The van der Waals surface area contributed by atoms with E-state index in [1.807, 2.05) is 6.07 Å². The van der Waals surface area contributed by atoms with Crippen molar-refractivity contribution in [2.75, 3.05) is 24.4 Å². The molecule has 0 radical (unpaired) electrons. The number of hydrogen-bond donors (Lipinski definition) is 1. The number of methoxy groups -OCH3 is 2. The van der Waals surface area contributed by atoms with Crippen LogP contribution < -0.4 is 19.7 Å². The van der Waals surface area contributed by atoms with Crippen LogP contribution in [0.2, 0.25) is 0 Å². The molecule has 180 valence electrons. The minimum absolute atomic E-state index is 0.0475. The molecule has 0 spiro atoms. The first kappa shape index (κ1) is 23.7. The molecule has 0 aromatic heterocycles. The highest BCUT2D eigenvalue weighted by Crippen LogP contribution is 2.32. The molecule has 1 atom stereocenters. The smallest absolute Gasteiger partial charge is 0.332 e. The van der Waals surface area contributed by atoms with Crippen molar-refractivity contribution in [3.05, 3.63) is 84.2 Å². The summed E-state index contributed by atoms with van der Waals surface area (Å²) in [5, 5.41) is 2.75. The summed E-state index contributed by atoms with van der Waals surface area (Å²) in [7, 11) is 3.02. The number of halogens is 1. The lowest BCUT2D eigenvalue weighted by Gasteiger charge is -2.22. The molecule has 1 N–H and O–H groups in total. The molecule has 0 aliphatic carbocycles. The first-order chi connectivity index (χ1) is 16.9. The Labute approximate surface area is 201 Å². The largest absolute Gasteiger partial charge is 0.493 e. The second-order valence-electron chi connectivity index (χ2n) is 7.88. The number of nitrogens with one attached hydrogen (secondary N) is 1. The van der Waals surface area contributed by atoms with Crippen molar-refractivity contribution in [1.82, 2.24) is 4.90 Å². The maximum atomic E-state index is 13.4. The molecule has 35 heavy (non-hydrogen) atoms. The third-order valence-corrected chi connectivity index (χ3v) is 5.64. The predicted octanol–water partition coefficient (Wildman–Crippen LogP) is 4.21. The lowest BCUT2D eigenvalue weighted by molar-refractivity contribution is -0.124. The number of urea groups is 1. The number of hydrogen-bond acceptors (Lipinski definition) is 5. The molecular weight excluding hydrogens is 453 g/mol. The molecule has 1 fully saturated rings. The van der Waals surface area contributed by atoms with Crippen LogP contribution in [0.3, 0.4) is 0 Å². The predicted molar refractivity (Wildman–Crippen MR) is 128 cm³/mol. The van der Waals surface area contributed by atoms with E-state index in [2.05, 4.69) is 5.32 Å². The zero-order valence-corrected chi connectivity index (χ0v) is 19.2. The van der Waals surface area contributed by atoms with Crippen LogP contribution in [-0.4, -0.2) is 43.0 Å². The minimum atomic E-state index is -1.05. The van der Waals surface area contributed by atoms with Crippen LogP contribution in [0, 0.1) is 5.82 Å². The van der Waals surface area contributed by atoms with Crippen LogP contribution >= 0.6 is 0 Å². The summed E-state index contributed by atoms with van der Waals surface area (Å²) < 4.78 is 24.1. The van der Waals surface area contributed by atoms with E-state index in [-0.39, 0.29) is 18.7 Å². The van der Waals surface area contributed by atoms with Crippen molar-refractivity contribution in [3.8, 4) is 11.5 Å². The molecule has 8 nitrogen and oxygen atoms in total. The van der Waals surface area contributed by atoms with Crippen molar-refractivity contribution >= 4 is 29.2 Å². The van der Waals surface area contributed by atoms with E-state index in [0.717, 1.165) is 4.90 Å². The number of ether oxygens (including phenoxy) is 2. The normalized spacial score (nSPS) is 15.3. The van der Waals surface area contributed by atoms with Gasteiger partial charge in [-0.1, -0.05) is 24.3 Å². The van der Waals surface area contributed by atoms with E-state index in [9.17, 15) is 18.8 Å². The van der Waals surface area contributed by atoms with Crippen LogP contribution in [0.4, 0.5) is 20.6 Å². The molecule has 4 amide bonds. The van der Waals surface area contributed by atoms with Gasteiger partial charge in [-0.05, 0) is 54.1 Å². The Bertz CT molecular complexity index is 1230. The zero-order chi connectivity index (χ0) is 24.9.